The van der Waals surface area contributed by atoms with E-state index in [2.05, 4.69) is 20.3 Å². The molecule has 1 amide bonds. The Labute approximate surface area is 161 Å². The lowest BCUT2D eigenvalue weighted by atomic mass is 9.93. The highest BCUT2D eigenvalue weighted by molar-refractivity contribution is 6.00. The molecule has 0 aliphatic carbocycles. The Morgan fingerprint density at radius 3 is 2.89 bits per heavy atom. The molecule has 0 unspecified atom stereocenters. The largest absolute Gasteiger partial charge is 0.480 e. The summed E-state index contributed by atoms with van der Waals surface area (Å²) in [6, 6.07) is 9.16. The summed E-state index contributed by atoms with van der Waals surface area (Å²) in [6.07, 6.45) is 4.76. The van der Waals surface area contributed by atoms with Crippen LogP contribution in [0.5, 0.6) is 0 Å². The Balaban J connectivity index is 1.57. The van der Waals surface area contributed by atoms with Crippen molar-refractivity contribution < 1.29 is 14.7 Å². The molecule has 9 nitrogen and oxygen atoms in total. The molecule has 0 saturated carbocycles. The summed E-state index contributed by atoms with van der Waals surface area (Å²) in [7, 11) is 0. The number of hydrogen-bond acceptors (Lipinski definition) is 5. The quantitative estimate of drug-likeness (QED) is 0.697. The summed E-state index contributed by atoms with van der Waals surface area (Å²) in [5.74, 6) is -0.398. The minimum atomic E-state index is -0.935. The van der Waals surface area contributed by atoms with Crippen LogP contribution in [-0.4, -0.2) is 59.9 Å². The number of carboxylic acids is 1. The molecule has 4 rings (SSSR count). The maximum Gasteiger partial charge on any atom is 0.325 e. The van der Waals surface area contributed by atoms with Crippen LogP contribution in [0.1, 0.15) is 34.8 Å². The minimum absolute atomic E-state index is 0.0528. The molecule has 9 heteroatoms. The molecule has 3 aromatic rings. The molecule has 144 valence electrons. The Hall–Kier alpha value is -3.49. The van der Waals surface area contributed by atoms with Gasteiger partial charge in [-0.05, 0) is 25.0 Å². The van der Waals surface area contributed by atoms with Crippen molar-refractivity contribution in [2.45, 2.75) is 25.3 Å². The molecule has 1 aliphatic rings. The van der Waals surface area contributed by atoms with Crippen molar-refractivity contribution in [2.24, 2.45) is 0 Å². The topological polar surface area (TPSA) is 117 Å². The van der Waals surface area contributed by atoms with Crippen molar-refractivity contribution >= 4 is 11.9 Å². The molecule has 2 aromatic heterocycles. The number of aromatic amines is 1. The van der Waals surface area contributed by atoms with Gasteiger partial charge < -0.3 is 10.0 Å². The van der Waals surface area contributed by atoms with Crippen LogP contribution in [0.3, 0.4) is 0 Å². The lowest BCUT2D eigenvalue weighted by Crippen LogP contribution is -2.40. The number of hydrogen-bond donors (Lipinski definition) is 2. The SMILES string of the molecule is O=C(O)Cn1nccc1[C@@H]1CCCN(C(=O)c2ccccc2-c2ncn[nH]2)C1. The molecule has 3 heterocycles. The number of nitrogens with one attached hydrogen (secondary N) is 1. The summed E-state index contributed by atoms with van der Waals surface area (Å²) in [5.41, 5.74) is 2.13. The predicted octanol–water partition coefficient (Wildman–Crippen LogP) is 1.77. The number of carboxylic acid groups (broad SMARTS) is 1. The number of benzene rings is 1. The highest BCUT2D eigenvalue weighted by Gasteiger charge is 2.29. The fourth-order valence-electron chi connectivity index (χ4n) is 3.73. The predicted molar refractivity (Wildman–Crippen MR) is 99.6 cm³/mol. The van der Waals surface area contributed by atoms with Crippen LogP contribution in [0, 0.1) is 0 Å². The highest BCUT2D eigenvalue weighted by Crippen LogP contribution is 2.29. The second kappa shape index (κ2) is 7.63. The zero-order chi connectivity index (χ0) is 19.5. The van der Waals surface area contributed by atoms with Crippen LogP contribution in [0.4, 0.5) is 0 Å². The molecule has 1 fully saturated rings. The van der Waals surface area contributed by atoms with Crippen LogP contribution in [0.25, 0.3) is 11.4 Å². The van der Waals surface area contributed by atoms with Gasteiger partial charge in [0.15, 0.2) is 5.82 Å². The molecule has 0 spiro atoms. The number of piperidine rings is 1. The molecule has 2 N–H and O–H groups in total. The van der Waals surface area contributed by atoms with Crippen molar-refractivity contribution in [3.63, 3.8) is 0 Å². The van der Waals surface area contributed by atoms with Gasteiger partial charge in [-0.1, -0.05) is 18.2 Å². The summed E-state index contributed by atoms with van der Waals surface area (Å²) >= 11 is 0. The summed E-state index contributed by atoms with van der Waals surface area (Å²) in [4.78, 5) is 30.3. The van der Waals surface area contributed by atoms with Gasteiger partial charge in [0.25, 0.3) is 5.91 Å². The zero-order valence-corrected chi connectivity index (χ0v) is 15.2. The number of aliphatic carboxylic acids is 1. The van der Waals surface area contributed by atoms with Crippen molar-refractivity contribution in [3.05, 3.63) is 54.1 Å². The fraction of sp³-hybridized carbons (Fsp3) is 0.316. The molecule has 0 bridgehead atoms. The first-order valence-electron chi connectivity index (χ1n) is 9.11. The Morgan fingerprint density at radius 2 is 2.11 bits per heavy atom. The molecule has 0 radical (unpaired) electrons. The van der Waals surface area contributed by atoms with E-state index in [0.29, 0.717) is 30.0 Å². The number of amides is 1. The van der Waals surface area contributed by atoms with Gasteiger partial charge in [-0.15, -0.1) is 0 Å². The lowest BCUT2D eigenvalue weighted by molar-refractivity contribution is -0.137. The van der Waals surface area contributed by atoms with Crippen LogP contribution in [-0.2, 0) is 11.3 Å². The molecular formula is C19H20N6O3. The molecule has 1 saturated heterocycles. The zero-order valence-electron chi connectivity index (χ0n) is 15.2. The van der Waals surface area contributed by atoms with E-state index in [9.17, 15) is 9.59 Å². The van der Waals surface area contributed by atoms with Crippen LogP contribution in [0.2, 0.25) is 0 Å². The van der Waals surface area contributed by atoms with E-state index in [4.69, 9.17) is 5.11 Å². The maximum atomic E-state index is 13.2. The van der Waals surface area contributed by atoms with Gasteiger partial charge in [0.05, 0.1) is 5.56 Å². The Kier molecular flexibility index (Phi) is 4.88. The van der Waals surface area contributed by atoms with E-state index < -0.39 is 5.97 Å². The molecule has 1 atom stereocenters. The summed E-state index contributed by atoms with van der Waals surface area (Å²) < 4.78 is 1.50. The lowest BCUT2D eigenvalue weighted by Gasteiger charge is -2.33. The summed E-state index contributed by atoms with van der Waals surface area (Å²) in [5, 5.41) is 19.9. The van der Waals surface area contributed by atoms with Crippen molar-refractivity contribution in [2.75, 3.05) is 13.1 Å². The highest BCUT2D eigenvalue weighted by atomic mass is 16.4. The van der Waals surface area contributed by atoms with Crippen LogP contribution >= 0.6 is 0 Å². The van der Waals surface area contributed by atoms with Gasteiger partial charge in [-0.2, -0.15) is 10.2 Å². The number of aromatic nitrogens is 5. The number of nitrogens with zero attached hydrogens (tertiary/aromatic N) is 5. The third kappa shape index (κ3) is 3.51. The maximum absolute atomic E-state index is 13.2. The molecule has 1 aromatic carbocycles. The van der Waals surface area contributed by atoms with E-state index in [1.165, 1.54) is 11.0 Å². The van der Waals surface area contributed by atoms with E-state index in [1.54, 1.807) is 12.3 Å². The Morgan fingerprint density at radius 1 is 1.25 bits per heavy atom. The monoisotopic (exact) mass is 380 g/mol. The second-order valence-corrected chi connectivity index (χ2v) is 6.78. The van der Waals surface area contributed by atoms with E-state index in [0.717, 1.165) is 18.5 Å². The van der Waals surface area contributed by atoms with Crippen LogP contribution in [0.15, 0.2) is 42.9 Å². The average molecular weight is 380 g/mol. The number of likely N-dealkylation sites (tertiary alicyclic amines) is 1. The Bertz CT molecular complexity index is 981. The van der Waals surface area contributed by atoms with Crippen molar-refractivity contribution in [1.29, 1.82) is 0 Å². The fourth-order valence-corrected chi connectivity index (χ4v) is 3.73. The van der Waals surface area contributed by atoms with Gasteiger partial charge in [-0.3, -0.25) is 19.4 Å². The number of H-pyrrole nitrogens is 1. The number of carbonyl (C=O) groups excluding carboxylic acids is 1. The molecule has 1 aliphatic heterocycles. The average Bonchev–Trinajstić information content (AvgIpc) is 3.39. The number of carbonyl (C=O) groups is 2. The van der Waals surface area contributed by atoms with Gasteiger partial charge in [0.1, 0.15) is 12.9 Å². The van der Waals surface area contributed by atoms with E-state index >= 15 is 0 Å². The van der Waals surface area contributed by atoms with E-state index in [-0.39, 0.29) is 18.4 Å². The normalized spacial score (nSPS) is 16.9. The van der Waals surface area contributed by atoms with Gasteiger partial charge in [0, 0.05) is 36.5 Å². The first kappa shape index (κ1) is 17.9. The molecular weight excluding hydrogens is 360 g/mol. The summed E-state index contributed by atoms with van der Waals surface area (Å²) in [6.45, 7) is 1.00. The van der Waals surface area contributed by atoms with Crippen molar-refractivity contribution in [3.8, 4) is 11.4 Å². The van der Waals surface area contributed by atoms with Gasteiger partial charge in [-0.25, -0.2) is 4.98 Å². The minimum Gasteiger partial charge on any atom is -0.480 e. The van der Waals surface area contributed by atoms with Crippen LogP contribution < -0.4 is 0 Å². The number of rotatable bonds is 5. The van der Waals surface area contributed by atoms with Gasteiger partial charge in [0.2, 0.25) is 0 Å². The first-order chi connectivity index (χ1) is 13.6. The first-order valence-corrected chi connectivity index (χ1v) is 9.11. The molecule has 28 heavy (non-hydrogen) atoms. The van der Waals surface area contributed by atoms with Crippen molar-refractivity contribution in [1.82, 2.24) is 29.9 Å². The van der Waals surface area contributed by atoms with Gasteiger partial charge >= 0.3 is 5.97 Å². The third-order valence-electron chi connectivity index (χ3n) is 4.99. The smallest absolute Gasteiger partial charge is 0.325 e. The second-order valence-electron chi connectivity index (χ2n) is 6.78. The third-order valence-corrected chi connectivity index (χ3v) is 4.99. The standard InChI is InChI=1S/C19H20N6O3/c26-17(27)11-25-16(7-8-22-25)13-4-3-9-24(10-13)19(28)15-6-2-1-5-14(15)18-20-12-21-23-18/h1-2,5-8,12-13H,3-4,9-11H2,(H,26,27)(H,20,21,23)/t13-/m1/s1. The van der Waals surface area contributed by atoms with E-state index in [1.807, 2.05) is 29.2 Å².